The van der Waals surface area contributed by atoms with E-state index in [1.54, 1.807) is 42.5 Å². The van der Waals surface area contributed by atoms with E-state index in [0.717, 1.165) is 0 Å². The lowest BCUT2D eigenvalue weighted by atomic mass is 10.3. The van der Waals surface area contributed by atoms with Crippen molar-refractivity contribution in [1.82, 2.24) is 0 Å². The molecular weight excluding hydrogens is 339 g/mol. The molecule has 0 radical (unpaired) electrons. The van der Waals surface area contributed by atoms with Crippen molar-refractivity contribution in [3.05, 3.63) is 63.3 Å². The lowest BCUT2D eigenvalue weighted by molar-refractivity contribution is 0.475. The summed E-state index contributed by atoms with van der Waals surface area (Å²) in [5.74, 6) is 0.0694. The van der Waals surface area contributed by atoms with Gasteiger partial charge in [0.25, 0.3) is 0 Å². The van der Waals surface area contributed by atoms with Gasteiger partial charge in [-0.15, -0.1) is 0 Å². The second-order valence-corrected chi connectivity index (χ2v) is 4.58. The van der Waals surface area contributed by atoms with Crippen LogP contribution in [0.4, 0.5) is 4.39 Å². The first-order valence-electron chi connectivity index (χ1n) is 4.45. The van der Waals surface area contributed by atoms with Gasteiger partial charge in [0.2, 0.25) is 0 Å². The molecule has 2 aromatic rings. The fourth-order valence-electron chi connectivity index (χ4n) is 0.905. The Morgan fingerprint density at radius 1 is 0.812 bits per heavy atom. The monoisotopic (exact) mass is 346 g/mol. The number of phenols is 1. The minimum atomic E-state index is -0.252. The first kappa shape index (κ1) is 13.2. The Morgan fingerprint density at radius 2 is 1.31 bits per heavy atom. The molecule has 0 heterocycles. The van der Waals surface area contributed by atoms with E-state index in [4.69, 9.17) is 5.11 Å². The maximum absolute atomic E-state index is 12.6. The molecule has 0 saturated heterocycles. The Balaban J connectivity index is 0.000000165. The van der Waals surface area contributed by atoms with E-state index < -0.39 is 0 Å². The van der Waals surface area contributed by atoms with Crippen LogP contribution < -0.4 is 0 Å². The zero-order valence-electron chi connectivity index (χ0n) is 8.20. The second kappa shape index (κ2) is 6.66. The summed E-state index contributed by atoms with van der Waals surface area (Å²) in [7, 11) is 0. The van der Waals surface area contributed by atoms with Crippen LogP contribution >= 0.6 is 31.9 Å². The summed E-state index contributed by atoms with van der Waals surface area (Å²) >= 11 is 6.08. The maximum Gasteiger partial charge on any atom is 0.151 e. The molecule has 2 rings (SSSR count). The molecule has 0 spiro atoms. The van der Waals surface area contributed by atoms with Crippen LogP contribution in [0.25, 0.3) is 0 Å². The third-order valence-corrected chi connectivity index (χ3v) is 2.89. The van der Waals surface area contributed by atoms with Gasteiger partial charge in [-0.05, 0) is 56.1 Å². The van der Waals surface area contributed by atoms with Crippen molar-refractivity contribution in [3.8, 4) is 5.75 Å². The van der Waals surface area contributed by atoms with Gasteiger partial charge in [0.15, 0.2) is 5.82 Å². The minimum absolute atomic E-state index is 0.252. The van der Waals surface area contributed by atoms with Crippen LogP contribution in [0.2, 0.25) is 0 Å². The fourth-order valence-corrected chi connectivity index (χ4v) is 1.90. The van der Waals surface area contributed by atoms with Crippen LogP contribution in [-0.2, 0) is 0 Å². The van der Waals surface area contributed by atoms with Crippen LogP contribution in [-0.4, -0.2) is 5.11 Å². The predicted molar refractivity (Wildman–Crippen MR) is 69.9 cm³/mol. The quantitative estimate of drug-likeness (QED) is 0.682. The summed E-state index contributed by atoms with van der Waals surface area (Å²) in [5, 5.41) is 8.63. The molecule has 0 saturated carbocycles. The van der Waals surface area contributed by atoms with E-state index in [0.29, 0.717) is 14.7 Å². The molecule has 0 unspecified atom stereocenters. The SMILES string of the molecule is Fc1c(Br)cccc1Br.Oc1ccccc1. The van der Waals surface area contributed by atoms with E-state index in [9.17, 15) is 4.39 Å². The van der Waals surface area contributed by atoms with Crippen LogP contribution in [0, 0.1) is 5.82 Å². The van der Waals surface area contributed by atoms with Crippen LogP contribution in [0.5, 0.6) is 5.75 Å². The third-order valence-electron chi connectivity index (χ3n) is 1.66. The van der Waals surface area contributed by atoms with Gasteiger partial charge in [0.05, 0.1) is 8.95 Å². The van der Waals surface area contributed by atoms with Crippen LogP contribution in [0.3, 0.4) is 0 Å². The zero-order valence-corrected chi connectivity index (χ0v) is 11.4. The summed E-state index contributed by atoms with van der Waals surface area (Å²) in [6.45, 7) is 0. The third kappa shape index (κ3) is 4.33. The topological polar surface area (TPSA) is 20.2 Å². The van der Waals surface area contributed by atoms with Crippen molar-refractivity contribution in [1.29, 1.82) is 0 Å². The summed E-state index contributed by atoms with van der Waals surface area (Å²) in [6.07, 6.45) is 0. The van der Waals surface area contributed by atoms with Crippen molar-refractivity contribution >= 4 is 31.9 Å². The highest BCUT2D eigenvalue weighted by atomic mass is 79.9. The van der Waals surface area contributed by atoms with E-state index in [2.05, 4.69) is 31.9 Å². The number of benzene rings is 2. The van der Waals surface area contributed by atoms with Gasteiger partial charge >= 0.3 is 0 Å². The average Bonchev–Trinajstić information content (AvgIpc) is 2.28. The summed E-state index contributed by atoms with van der Waals surface area (Å²) in [5.41, 5.74) is 0. The number of para-hydroxylation sites is 1. The predicted octanol–water partition coefficient (Wildman–Crippen LogP) is 4.74. The van der Waals surface area contributed by atoms with Gasteiger partial charge in [-0.1, -0.05) is 24.3 Å². The van der Waals surface area contributed by atoms with Gasteiger partial charge in [-0.3, -0.25) is 0 Å². The Morgan fingerprint density at radius 3 is 1.62 bits per heavy atom. The number of hydrogen-bond acceptors (Lipinski definition) is 1. The second-order valence-electron chi connectivity index (χ2n) is 2.87. The Kier molecular flexibility index (Phi) is 5.49. The highest BCUT2D eigenvalue weighted by molar-refractivity contribution is 9.11. The molecule has 0 aliphatic rings. The molecule has 16 heavy (non-hydrogen) atoms. The first-order chi connectivity index (χ1) is 7.61. The molecule has 0 amide bonds. The fraction of sp³-hybridized carbons (Fsp3) is 0. The van der Waals surface area contributed by atoms with Gasteiger partial charge in [0, 0.05) is 0 Å². The Hall–Kier alpha value is -0.870. The van der Waals surface area contributed by atoms with Crippen molar-refractivity contribution in [2.45, 2.75) is 0 Å². The summed E-state index contributed by atoms with van der Waals surface area (Å²) in [6, 6.07) is 13.8. The van der Waals surface area contributed by atoms with Crippen molar-refractivity contribution in [2.75, 3.05) is 0 Å². The largest absolute Gasteiger partial charge is 0.508 e. The number of hydrogen-bond donors (Lipinski definition) is 1. The molecule has 1 nitrogen and oxygen atoms in total. The maximum atomic E-state index is 12.6. The molecule has 2 aromatic carbocycles. The van der Waals surface area contributed by atoms with Gasteiger partial charge in [-0.2, -0.15) is 0 Å². The normalized spacial score (nSPS) is 9.19. The van der Waals surface area contributed by atoms with Crippen molar-refractivity contribution in [2.24, 2.45) is 0 Å². The molecule has 1 N–H and O–H groups in total. The van der Waals surface area contributed by atoms with E-state index >= 15 is 0 Å². The summed E-state index contributed by atoms with van der Waals surface area (Å²) < 4.78 is 13.6. The van der Waals surface area contributed by atoms with Crippen molar-refractivity contribution in [3.63, 3.8) is 0 Å². The van der Waals surface area contributed by atoms with E-state index in [1.165, 1.54) is 0 Å². The number of rotatable bonds is 0. The molecule has 4 heteroatoms. The molecule has 0 aliphatic heterocycles. The van der Waals surface area contributed by atoms with Gasteiger partial charge < -0.3 is 5.11 Å². The molecule has 0 aromatic heterocycles. The zero-order chi connectivity index (χ0) is 12.0. The summed E-state index contributed by atoms with van der Waals surface area (Å²) in [4.78, 5) is 0. The van der Waals surface area contributed by atoms with E-state index in [1.807, 2.05) is 6.07 Å². The first-order valence-corrected chi connectivity index (χ1v) is 6.03. The van der Waals surface area contributed by atoms with E-state index in [-0.39, 0.29) is 5.82 Å². The lowest BCUT2D eigenvalue weighted by Crippen LogP contribution is -1.76. The Labute approximate surface area is 110 Å². The number of aromatic hydroxyl groups is 1. The van der Waals surface area contributed by atoms with Gasteiger partial charge in [-0.25, -0.2) is 4.39 Å². The highest BCUT2D eigenvalue weighted by Crippen LogP contribution is 2.22. The molecule has 0 bridgehead atoms. The van der Waals surface area contributed by atoms with Crippen molar-refractivity contribution < 1.29 is 9.50 Å². The number of phenolic OH excluding ortho intramolecular Hbond substituents is 1. The standard InChI is InChI=1S/C6H3Br2F.C6H6O/c7-4-2-1-3-5(8)6(4)9;7-6-4-2-1-3-5-6/h1-3H;1-5,7H. The van der Waals surface area contributed by atoms with Crippen LogP contribution in [0.1, 0.15) is 0 Å². The molecular formula is C12H9Br2FO. The van der Waals surface area contributed by atoms with Crippen LogP contribution in [0.15, 0.2) is 57.5 Å². The Bertz CT molecular complexity index is 426. The molecule has 84 valence electrons. The molecule has 0 aliphatic carbocycles. The number of halogens is 3. The smallest absolute Gasteiger partial charge is 0.151 e. The lowest BCUT2D eigenvalue weighted by Gasteiger charge is -1.93. The minimum Gasteiger partial charge on any atom is -0.508 e. The molecule has 0 fully saturated rings. The molecule has 0 atom stereocenters. The van der Waals surface area contributed by atoms with Gasteiger partial charge in [0.1, 0.15) is 5.75 Å². The average molecular weight is 348 g/mol. The highest BCUT2D eigenvalue weighted by Gasteiger charge is 2.00.